The molecule has 28 heavy (non-hydrogen) atoms. The van der Waals surface area contributed by atoms with Crippen molar-refractivity contribution < 1.29 is 14.2 Å². The zero-order valence-corrected chi connectivity index (χ0v) is 19.7. The molecule has 1 aromatic heterocycles. The van der Waals surface area contributed by atoms with E-state index in [9.17, 15) is 0 Å². The van der Waals surface area contributed by atoms with Crippen LogP contribution in [0.15, 0.2) is 28.6 Å². The summed E-state index contributed by atoms with van der Waals surface area (Å²) < 4.78 is 16.1. The number of ether oxygens (including phenoxy) is 3. The van der Waals surface area contributed by atoms with Crippen molar-refractivity contribution in [2.24, 2.45) is 4.99 Å². The largest absolute Gasteiger partial charge is 0.454 e. The predicted octanol–water partition coefficient (Wildman–Crippen LogP) is 3.45. The number of halogens is 1. The number of aliphatic imine (C=N–C) groups is 1. The molecule has 1 unspecified atom stereocenters. The molecule has 2 heterocycles. The maximum absolute atomic E-state index is 5.43. The van der Waals surface area contributed by atoms with E-state index in [0.717, 1.165) is 41.1 Å². The van der Waals surface area contributed by atoms with Gasteiger partial charge in [-0.25, -0.2) is 4.98 Å². The van der Waals surface area contributed by atoms with Crippen LogP contribution in [-0.2, 0) is 17.7 Å². The molecule has 7 nitrogen and oxygen atoms in total. The number of aromatic nitrogens is 1. The van der Waals surface area contributed by atoms with Gasteiger partial charge in [0.1, 0.15) is 11.1 Å². The zero-order chi connectivity index (χ0) is 19.2. The van der Waals surface area contributed by atoms with E-state index < -0.39 is 0 Å². The van der Waals surface area contributed by atoms with Crippen molar-refractivity contribution in [3.63, 3.8) is 0 Å². The van der Waals surface area contributed by atoms with Gasteiger partial charge >= 0.3 is 0 Å². The van der Waals surface area contributed by atoms with Crippen LogP contribution in [0.25, 0.3) is 0 Å². The van der Waals surface area contributed by atoms with Gasteiger partial charge in [0, 0.05) is 33.1 Å². The summed E-state index contributed by atoms with van der Waals surface area (Å²) in [5.74, 6) is 2.47. The molecule has 1 aromatic carbocycles. The second-order valence-corrected chi connectivity index (χ2v) is 7.21. The molecule has 1 aliphatic heterocycles. The summed E-state index contributed by atoms with van der Waals surface area (Å²) in [6.45, 7) is 3.77. The Morgan fingerprint density at radius 3 is 2.93 bits per heavy atom. The molecule has 154 valence electrons. The standard InChI is InChI=1S/C19H26N4O3S.HI/c1-13(24-4)18-22-15(11-27-18)10-23(3)19(20-2)21-8-7-14-5-6-16-17(9-14)26-12-25-16;/h5-6,9,11,13H,7-8,10,12H2,1-4H3,(H,20,21);1H. The van der Waals surface area contributed by atoms with Gasteiger partial charge in [0.15, 0.2) is 17.5 Å². The van der Waals surface area contributed by atoms with E-state index in [0.29, 0.717) is 13.3 Å². The topological polar surface area (TPSA) is 68.2 Å². The third kappa shape index (κ3) is 5.71. The second-order valence-electron chi connectivity index (χ2n) is 6.32. The van der Waals surface area contributed by atoms with Gasteiger partial charge in [-0.05, 0) is 31.0 Å². The normalized spacial score (nSPS) is 13.8. The summed E-state index contributed by atoms with van der Waals surface area (Å²) in [6.07, 6.45) is 0.892. The lowest BCUT2D eigenvalue weighted by Crippen LogP contribution is -2.39. The van der Waals surface area contributed by atoms with Gasteiger partial charge in [-0.3, -0.25) is 4.99 Å². The Morgan fingerprint density at radius 1 is 1.39 bits per heavy atom. The third-order valence-corrected chi connectivity index (χ3v) is 5.43. The second kappa shape index (κ2) is 10.8. The van der Waals surface area contributed by atoms with Crippen molar-refractivity contribution in [3.8, 4) is 11.5 Å². The Kier molecular flexibility index (Phi) is 8.77. The first-order valence-electron chi connectivity index (χ1n) is 8.88. The smallest absolute Gasteiger partial charge is 0.231 e. The number of fused-ring (bicyclic) bond motifs is 1. The monoisotopic (exact) mass is 518 g/mol. The zero-order valence-electron chi connectivity index (χ0n) is 16.6. The SMILES string of the molecule is CN=C(NCCc1ccc2c(c1)OCO2)N(C)Cc1csc(C(C)OC)n1.I. The van der Waals surface area contributed by atoms with Crippen LogP contribution in [0.5, 0.6) is 11.5 Å². The average molecular weight is 518 g/mol. The fourth-order valence-corrected chi connectivity index (χ4v) is 3.64. The van der Waals surface area contributed by atoms with Gasteiger partial charge in [-0.2, -0.15) is 0 Å². The fraction of sp³-hybridized carbons (Fsp3) is 0.474. The summed E-state index contributed by atoms with van der Waals surface area (Å²) in [5, 5.41) is 6.46. The van der Waals surface area contributed by atoms with Crippen molar-refractivity contribution >= 4 is 41.3 Å². The average Bonchev–Trinajstić information content (AvgIpc) is 3.33. The number of guanidine groups is 1. The lowest BCUT2D eigenvalue weighted by Gasteiger charge is -2.21. The summed E-state index contributed by atoms with van der Waals surface area (Å²) in [4.78, 5) is 11.1. The quantitative estimate of drug-likeness (QED) is 0.344. The highest BCUT2D eigenvalue weighted by Gasteiger charge is 2.14. The molecule has 0 bridgehead atoms. The number of rotatable bonds is 7. The Labute approximate surface area is 187 Å². The third-order valence-electron chi connectivity index (χ3n) is 4.38. The molecule has 0 saturated heterocycles. The molecular weight excluding hydrogens is 491 g/mol. The van der Waals surface area contributed by atoms with Gasteiger partial charge in [0.2, 0.25) is 6.79 Å². The van der Waals surface area contributed by atoms with Crippen LogP contribution in [0.3, 0.4) is 0 Å². The van der Waals surface area contributed by atoms with E-state index in [1.165, 1.54) is 5.56 Å². The van der Waals surface area contributed by atoms with Crippen LogP contribution in [0.4, 0.5) is 0 Å². The van der Waals surface area contributed by atoms with Gasteiger partial charge < -0.3 is 24.4 Å². The van der Waals surface area contributed by atoms with Crippen LogP contribution in [-0.4, -0.2) is 50.4 Å². The summed E-state index contributed by atoms with van der Waals surface area (Å²) in [5.41, 5.74) is 2.21. The minimum Gasteiger partial charge on any atom is -0.454 e. The molecule has 2 aromatic rings. The highest BCUT2D eigenvalue weighted by atomic mass is 127. The molecule has 1 aliphatic rings. The number of hydrogen-bond donors (Lipinski definition) is 1. The Bertz CT molecular complexity index is 799. The Morgan fingerprint density at radius 2 is 2.18 bits per heavy atom. The lowest BCUT2D eigenvalue weighted by atomic mass is 10.1. The number of thiazole rings is 1. The highest BCUT2D eigenvalue weighted by Crippen LogP contribution is 2.32. The van der Waals surface area contributed by atoms with E-state index in [4.69, 9.17) is 14.2 Å². The van der Waals surface area contributed by atoms with Crippen LogP contribution in [0.2, 0.25) is 0 Å². The van der Waals surface area contributed by atoms with Gasteiger partial charge in [-0.1, -0.05) is 6.07 Å². The van der Waals surface area contributed by atoms with Gasteiger partial charge in [0.25, 0.3) is 0 Å². The number of nitrogens with one attached hydrogen (secondary N) is 1. The molecule has 0 aliphatic carbocycles. The van der Waals surface area contributed by atoms with E-state index in [2.05, 4.69) is 31.6 Å². The van der Waals surface area contributed by atoms with Crippen LogP contribution in [0, 0.1) is 0 Å². The van der Waals surface area contributed by atoms with Gasteiger partial charge in [-0.15, -0.1) is 35.3 Å². The molecule has 9 heteroatoms. The highest BCUT2D eigenvalue weighted by molar-refractivity contribution is 14.0. The number of methoxy groups -OCH3 is 1. The molecule has 1 N–H and O–H groups in total. The Hall–Kier alpha value is -1.59. The van der Waals surface area contributed by atoms with E-state index in [-0.39, 0.29) is 30.1 Å². The molecule has 0 fully saturated rings. The van der Waals surface area contributed by atoms with Crippen molar-refractivity contribution in [2.75, 3.05) is 34.5 Å². The molecule has 3 rings (SSSR count). The first-order chi connectivity index (χ1) is 13.1. The molecule has 0 saturated carbocycles. The first-order valence-corrected chi connectivity index (χ1v) is 9.76. The maximum atomic E-state index is 5.43. The molecular formula is C19H27IN4O3S. The van der Waals surface area contributed by atoms with Gasteiger partial charge in [0.05, 0.1) is 12.2 Å². The van der Waals surface area contributed by atoms with Crippen molar-refractivity contribution in [1.82, 2.24) is 15.2 Å². The van der Waals surface area contributed by atoms with E-state index >= 15 is 0 Å². The molecule has 0 radical (unpaired) electrons. The van der Waals surface area contributed by atoms with Crippen molar-refractivity contribution in [1.29, 1.82) is 0 Å². The number of benzene rings is 1. The number of hydrogen-bond acceptors (Lipinski definition) is 6. The van der Waals surface area contributed by atoms with Crippen molar-refractivity contribution in [3.05, 3.63) is 39.8 Å². The molecule has 0 spiro atoms. The van der Waals surface area contributed by atoms with Crippen LogP contribution in [0.1, 0.15) is 29.3 Å². The number of nitrogens with zero attached hydrogens (tertiary/aromatic N) is 3. The summed E-state index contributed by atoms with van der Waals surface area (Å²) >= 11 is 1.62. The van der Waals surface area contributed by atoms with E-state index in [1.807, 2.05) is 26.1 Å². The fourth-order valence-electron chi connectivity index (χ4n) is 2.80. The van der Waals surface area contributed by atoms with E-state index in [1.54, 1.807) is 25.5 Å². The lowest BCUT2D eigenvalue weighted by molar-refractivity contribution is 0.119. The minimum atomic E-state index is 0. The summed E-state index contributed by atoms with van der Waals surface area (Å²) in [6, 6.07) is 6.05. The first kappa shape index (κ1) is 22.7. The maximum Gasteiger partial charge on any atom is 0.231 e. The van der Waals surface area contributed by atoms with Crippen molar-refractivity contribution in [2.45, 2.75) is 26.0 Å². The Balaban J connectivity index is 0.00000280. The van der Waals surface area contributed by atoms with Crippen LogP contribution >= 0.6 is 35.3 Å². The summed E-state index contributed by atoms with van der Waals surface area (Å²) in [7, 11) is 5.50. The molecule has 1 atom stereocenters. The molecule has 0 amide bonds. The minimum absolute atomic E-state index is 0. The predicted molar refractivity (Wildman–Crippen MR) is 122 cm³/mol. The van der Waals surface area contributed by atoms with Crippen LogP contribution < -0.4 is 14.8 Å².